The number of hydrogen-bond donors (Lipinski definition) is 4. The van der Waals surface area contributed by atoms with Crippen molar-refractivity contribution in [3.05, 3.63) is 35.9 Å². The van der Waals surface area contributed by atoms with Crippen LogP contribution in [0.5, 0.6) is 11.5 Å². The molecule has 0 aromatic heterocycles. The Bertz CT molecular complexity index is 1080. The van der Waals surface area contributed by atoms with Gasteiger partial charge in [-0.15, -0.1) is 0 Å². The summed E-state index contributed by atoms with van der Waals surface area (Å²) in [6.07, 6.45) is 0.345. The standard InChI is InChI=1S/C18H20N2O5.C6H11NO3/c1-23-15-8-12-10(6-13(15)17(19)21)4-3-5-14(12)25-9-11-7-16(24-2)18(22)20-11;1-10-5-2-4(3-8)7-6(5)9/h3-6,8,11,16H,7,9H2,1-2H3,(H2,19,21)(H,20,22);4-5,8H,2-3H2,1H3,(H,7,9)/t11-,16?;4-,5?/m00/s1. The second-order valence-electron chi connectivity index (χ2n) is 8.22. The Hall–Kier alpha value is -3.41. The molecule has 2 aromatic carbocycles. The van der Waals surface area contributed by atoms with Gasteiger partial charge in [-0.05, 0) is 23.6 Å². The zero-order valence-corrected chi connectivity index (χ0v) is 19.9. The molecular weight excluding hydrogens is 458 g/mol. The van der Waals surface area contributed by atoms with E-state index in [2.05, 4.69) is 10.6 Å². The van der Waals surface area contributed by atoms with Crippen molar-refractivity contribution in [1.29, 1.82) is 0 Å². The number of aliphatic hydroxyl groups is 1. The second-order valence-corrected chi connectivity index (χ2v) is 8.22. The molecule has 5 N–H and O–H groups in total. The third kappa shape index (κ3) is 6.18. The number of methoxy groups -OCH3 is 3. The van der Waals surface area contributed by atoms with E-state index in [9.17, 15) is 14.4 Å². The summed E-state index contributed by atoms with van der Waals surface area (Å²) < 4.78 is 21.1. The Morgan fingerprint density at radius 2 is 1.63 bits per heavy atom. The van der Waals surface area contributed by atoms with Crippen molar-refractivity contribution in [2.75, 3.05) is 34.5 Å². The molecule has 35 heavy (non-hydrogen) atoms. The summed E-state index contributed by atoms with van der Waals surface area (Å²) in [4.78, 5) is 34.1. The maximum atomic E-state index is 11.7. The Morgan fingerprint density at radius 1 is 1.00 bits per heavy atom. The lowest BCUT2D eigenvalue weighted by atomic mass is 10.0. The van der Waals surface area contributed by atoms with E-state index in [1.807, 2.05) is 18.2 Å². The number of aliphatic hydroxyl groups excluding tert-OH is 1. The fourth-order valence-electron chi connectivity index (χ4n) is 4.03. The fourth-order valence-corrected chi connectivity index (χ4v) is 4.03. The Morgan fingerprint density at radius 3 is 2.14 bits per heavy atom. The van der Waals surface area contributed by atoms with Gasteiger partial charge in [0.15, 0.2) is 0 Å². The Kier molecular flexibility index (Phi) is 8.85. The van der Waals surface area contributed by atoms with E-state index in [1.165, 1.54) is 21.3 Å². The summed E-state index contributed by atoms with van der Waals surface area (Å²) in [5.74, 6) is 0.235. The largest absolute Gasteiger partial charge is 0.496 e. The highest BCUT2D eigenvalue weighted by molar-refractivity contribution is 6.02. The van der Waals surface area contributed by atoms with Gasteiger partial charge in [-0.25, -0.2) is 0 Å². The zero-order chi connectivity index (χ0) is 25.5. The van der Waals surface area contributed by atoms with Crippen molar-refractivity contribution in [3.63, 3.8) is 0 Å². The van der Waals surface area contributed by atoms with Gasteiger partial charge in [0, 0.05) is 32.4 Å². The van der Waals surface area contributed by atoms with Gasteiger partial charge in [0.2, 0.25) is 11.8 Å². The molecule has 2 aliphatic heterocycles. The molecule has 2 unspecified atom stereocenters. The van der Waals surface area contributed by atoms with Crippen LogP contribution in [0.3, 0.4) is 0 Å². The van der Waals surface area contributed by atoms with Crippen molar-refractivity contribution >= 4 is 28.5 Å². The third-order valence-electron chi connectivity index (χ3n) is 5.93. The number of primary amides is 1. The van der Waals surface area contributed by atoms with Gasteiger partial charge in [0.05, 0.1) is 31.4 Å². The first-order chi connectivity index (χ1) is 16.8. The molecule has 4 atom stereocenters. The summed E-state index contributed by atoms with van der Waals surface area (Å²) in [6, 6.07) is 8.72. The van der Waals surface area contributed by atoms with Gasteiger partial charge in [-0.1, -0.05) is 12.1 Å². The van der Waals surface area contributed by atoms with Crippen LogP contribution in [0.15, 0.2) is 30.3 Å². The zero-order valence-electron chi connectivity index (χ0n) is 19.9. The molecule has 0 saturated carbocycles. The highest BCUT2D eigenvalue weighted by Gasteiger charge is 2.32. The van der Waals surface area contributed by atoms with Gasteiger partial charge in [0.1, 0.15) is 30.3 Å². The number of hydrogen-bond acceptors (Lipinski definition) is 8. The summed E-state index contributed by atoms with van der Waals surface area (Å²) in [6.45, 7) is 0.316. The fraction of sp³-hybridized carbons (Fsp3) is 0.458. The first-order valence-electron chi connectivity index (χ1n) is 11.1. The number of carbonyl (C=O) groups is 3. The van der Waals surface area contributed by atoms with Crippen molar-refractivity contribution in [2.45, 2.75) is 37.1 Å². The summed E-state index contributed by atoms with van der Waals surface area (Å²) in [7, 11) is 4.49. The quantitative estimate of drug-likeness (QED) is 0.407. The van der Waals surface area contributed by atoms with Gasteiger partial charge >= 0.3 is 0 Å². The van der Waals surface area contributed by atoms with E-state index >= 15 is 0 Å². The lowest BCUT2D eigenvalue weighted by Gasteiger charge is -2.15. The van der Waals surface area contributed by atoms with Crippen LogP contribution in [-0.4, -0.2) is 81.7 Å². The SMILES string of the molecule is COC1C[C@@H](CO)NC1=O.COc1cc2c(OC[C@@H]3CC(OC)C(=O)N3)cccc2cc1C(N)=O. The van der Waals surface area contributed by atoms with E-state index in [0.717, 1.165) is 10.8 Å². The molecule has 2 saturated heterocycles. The van der Waals surface area contributed by atoms with Gasteiger partial charge in [-0.2, -0.15) is 0 Å². The molecule has 2 aliphatic rings. The van der Waals surface area contributed by atoms with E-state index in [-0.39, 0.29) is 36.6 Å². The summed E-state index contributed by atoms with van der Waals surface area (Å²) in [5, 5.41) is 15.7. The monoisotopic (exact) mass is 489 g/mol. The minimum atomic E-state index is -0.552. The molecule has 0 aliphatic carbocycles. The summed E-state index contributed by atoms with van der Waals surface area (Å²) in [5.41, 5.74) is 5.72. The van der Waals surface area contributed by atoms with Crippen LogP contribution in [0.2, 0.25) is 0 Å². The molecular formula is C24H31N3O8. The van der Waals surface area contributed by atoms with E-state index in [0.29, 0.717) is 36.5 Å². The topological polar surface area (TPSA) is 158 Å². The van der Waals surface area contributed by atoms with Crippen LogP contribution in [0.1, 0.15) is 23.2 Å². The lowest BCUT2D eigenvalue weighted by molar-refractivity contribution is -0.128. The number of ether oxygens (including phenoxy) is 4. The first kappa shape index (κ1) is 26.2. The molecule has 2 fully saturated rings. The predicted molar refractivity (Wildman–Crippen MR) is 126 cm³/mol. The van der Waals surface area contributed by atoms with Crippen molar-refractivity contribution in [3.8, 4) is 11.5 Å². The number of nitrogens with two attached hydrogens (primary N) is 1. The molecule has 0 radical (unpaired) electrons. The minimum Gasteiger partial charge on any atom is -0.496 e. The molecule has 0 spiro atoms. The average Bonchev–Trinajstić information content (AvgIpc) is 3.42. The van der Waals surface area contributed by atoms with Crippen LogP contribution >= 0.6 is 0 Å². The van der Waals surface area contributed by atoms with Crippen molar-refractivity contribution < 1.29 is 38.4 Å². The molecule has 3 amide bonds. The summed E-state index contributed by atoms with van der Waals surface area (Å²) >= 11 is 0. The van der Waals surface area contributed by atoms with E-state index < -0.39 is 12.0 Å². The maximum Gasteiger partial charge on any atom is 0.252 e. The van der Waals surface area contributed by atoms with Crippen LogP contribution < -0.4 is 25.8 Å². The normalized spacial score (nSPS) is 23.3. The van der Waals surface area contributed by atoms with Gasteiger partial charge in [-0.3, -0.25) is 14.4 Å². The predicted octanol–water partition coefficient (Wildman–Crippen LogP) is 0.112. The first-order valence-corrected chi connectivity index (χ1v) is 11.1. The number of benzene rings is 2. The van der Waals surface area contributed by atoms with Crippen molar-refractivity contribution in [2.24, 2.45) is 5.73 Å². The molecule has 11 heteroatoms. The highest BCUT2D eigenvalue weighted by atomic mass is 16.5. The Labute approximate surface area is 202 Å². The maximum absolute atomic E-state index is 11.7. The average molecular weight is 490 g/mol. The number of nitrogens with one attached hydrogen (secondary N) is 2. The second kappa shape index (κ2) is 11.8. The number of rotatable bonds is 8. The van der Waals surface area contributed by atoms with Gasteiger partial charge < -0.3 is 40.4 Å². The Balaban J connectivity index is 0.000000287. The molecule has 11 nitrogen and oxygen atoms in total. The molecule has 190 valence electrons. The minimum absolute atomic E-state index is 0.00833. The van der Waals surface area contributed by atoms with Crippen LogP contribution in [0, 0.1) is 0 Å². The van der Waals surface area contributed by atoms with Crippen LogP contribution in [0.4, 0.5) is 0 Å². The lowest BCUT2D eigenvalue weighted by Crippen LogP contribution is -2.31. The van der Waals surface area contributed by atoms with Crippen molar-refractivity contribution in [1.82, 2.24) is 10.6 Å². The van der Waals surface area contributed by atoms with Gasteiger partial charge in [0.25, 0.3) is 5.91 Å². The molecule has 2 heterocycles. The van der Waals surface area contributed by atoms with E-state index in [4.69, 9.17) is 29.8 Å². The molecule has 0 bridgehead atoms. The van der Waals surface area contributed by atoms with E-state index in [1.54, 1.807) is 12.1 Å². The highest BCUT2D eigenvalue weighted by Crippen LogP contribution is 2.32. The number of fused-ring (bicyclic) bond motifs is 1. The van der Waals surface area contributed by atoms with Crippen LogP contribution in [0.25, 0.3) is 10.8 Å². The number of carbonyl (C=O) groups excluding carboxylic acids is 3. The van der Waals surface area contributed by atoms with Crippen LogP contribution in [-0.2, 0) is 19.1 Å². The molecule has 4 rings (SSSR count). The molecule has 2 aromatic rings. The number of amides is 3. The smallest absolute Gasteiger partial charge is 0.252 e. The third-order valence-corrected chi connectivity index (χ3v) is 5.93.